The van der Waals surface area contributed by atoms with E-state index in [1.54, 1.807) is 12.1 Å². The van der Waals surface area contributed by atoms with E-state index in [1.165, 1.54) is 0 Å². The molecule has 0 spiro atoms. The minimum atomic E-state index is -0.728. The predicted molar refractivity (Wildman–Crippen MR) is 76.7 cm³/mol. The summed E-state index contributed by atoms with van der Waals surface area (Å²) in [6.07, 6.45) is 0.641. The Hall–Kier alpha value is -1.59. The van der Waals surface area contributed by atoms with Gasteiger partial charge in [-0.3, -0.25) is 14.6 Å². The second kappa shape index (κ2) is 6.72. The van der Waals surface area contributed by atoms with Gasteiger partial charge in [0.05, 0.1) is 0 Å². The lowest BCUT2D eigenvalue weighted by Gasteiger charge is -2.37. The average molecular weight is 278 g/mol. The third-order valence-corrected chi connectivity index (χ3v) is 3.84. The molecule has 2 rings (SSSR count). The van der Waals surface area contributed by atoms with Gasteiger partial charge in [-0.2, -0.15) is 0 Å². The Morgan fingerprint density at radius 2 is 2.00 bits per heavy atom. The third-order valence-electron chi connectivity index (χ3n) is 3.84. The molecule has 1 saturated heterocycles. The number of phenols is 1. The minimum absolute atomic E-state index is 0.290. The number of aliphatic carboxylic acids is 1. The molecule has 1 heterocycles. The van der Waals surface area contributed by atoms with Crippen molar-refractivity contribution in [3.8, 4) is 5.75 Å². The Labute approximate surface area is 119 Å². The largest absolute Gasteiger partial charge is 0.508 e. The summed E-state index contributed by atoms with van der Waals surface area (Å²) in [4.78, 5) is 15.5. The molecule has 110 valence electrons. The first-order valence-electron chi connectivity index (χ1n) is 7.07. The first-order valence-corrected chi connectivity index (χ1v) is 7.07. The van der Waals surface area contributed by atoms with E-state index >= 15 is 0 Å². The van der Waals surface area contributed by atoms with E-state index in [1.807, 2.05) is 24.0 Å². The maximum Gasteiger partial charge on any atom is 0.320 e. The summed E-state index contributed by atoms with van der Waals surface area (Å²) in [6.45, 7) is 6.00. The summed E-state index contributed by atoms with van der Waals surface area (Å²) in [7, 11) is 0. The predicted octanol–water partition coefficient (Wildman–Crippen LogP) is 1.37. The summed E-state index contributed by atoms with van der Waals surface area (Å²) in [5.74, 6) is -0.438. The van der Waals surface area contributed by atoms with Crippen LogP contribution in [0.25, 0.3) is 0 Å². The first-order chi connectivity index (χ1) is 9.60. The van der Waals surface area contributed by atoms with E-state index in [9.17, 15) is 15.0 Å². The lowest BCUT2D eigenvalue weighted by molar-refractivity contribution is -0.144. The quantitative estimate of drug-likeness (QED) is 0.852. The van der Waals surface area contributed by atoms with Crippen molar-refractivity contribution >= 4 is 5.97 Å². The van der Waals surface area contributed by atoms with Crippen molar-refractivity contribution in [1.82, 2.24) is 9.80 Å². The molecule has 0 bridgehead atoms. The van der Waals surface area contributed by atoms with Crippen LogP contribution < -0.4 is 0 Å². The molecular weight excluding hydrogens is 256 g/mol. The summed E-state index contributed by atoms with van der Waals surface area (Å²) in [5.41, 5.74) is 1.09. The third kappa shape index (κ3) is 3.71. The number of piperazine rings is 1. The fourth-order valence-corrected chi connectivity index (χ4v) is 2.74. The molecule has 5 nitrogen and oxygen atoms in total. The summed E-state index contributed by atoms with van der Waals surface area (Å²) in [5, 5.41) is 18.6. The van der Waals surface area contributed by atoms with Crippen LogP contribution in [0.4, 0.5) is 0 Å². The van der Waals surface area contributed by atoms with Crippen LogP contribution in [0.1, 0.15) is 18.9 Å². The van der Waals surface area contributed by atoms with E-state index in [0.29, 0.717) is 6.42 Å². The van der Waals surface area contributed by atoms with Crippen LogP contribution in [0.2, 0.25) is 0 Å². The molecule has 0 aromatic heterocycles. The van der Waals surface area contributed by atoms with Crippen LogP contribution in [-0.4, -0.2) is 58.2 Å². The zero-order chi connectivity index (χ0) is 14.5. The number of hydrogen-bond acceptors (Lipinski definition) is 4. The Bertz CT molecular complexity index is 456. The molecule has 20 heavy (non-hydrogen) atoms. The number of carboxylic acids is 1. The zero-order valence-corrected chi connectivity index (χ0v) is 11.8. The van der Waals surface area contributed by atoms with E-state index in [2.05, 4.69) is 4.90 Å². The maximum absolute atomic E-state index is 11.2. The highest BCUT2D eigenvalue weighted by molar-refractivity contribution is 5.73. The molecule has 1 aliphatic heterocycles. The number of carboxylic acid groups (broad SMARTS) is 1. The van der Waals surface area contributed by atoms with Crippen LogP contribution in [-0.2, 0) is 11.3 Å². The van der Waals surface area contributed by atoms with E-state index in [-0.39, 0.29) is 11.8 Å². The topological polar surface area (TPSA) is 64.0 Å². The molecule has 1 aromatic carbocycles. The monoisotopic (exact) mass is 278 g/mol. The highest BCUT2D eigenvalue weighted by Crippen LogP contribution is 2.15. The molecule has 1 atom stereocenters. The van der Waals surface area contributed by atoms with E-state index in [4.69, 9.17) is 0 Å². The Morgan fingerprint density at radius 1 is 1.30 bits per heavy atom. The van der Waals surface area contributed by atoms with Gasteiger partial charge in [0.25, 0.3) is 0 Å². The fourth-order valence-electron chi connectivity index (χ4n) is 2.74. The summed E-state index contributed by atoms with van der Waals surface area (Å²) < 4.78 is 0. The van der Waals surface area contributed by atoms with Gasteiger partial charge >= 0.3 is 5.97 Å². The second-order valence-electron chi connectivity index (χ2n) is 5.24. The van der Waals surface area contributed by atoms with Crippen molar-refractivity contribution in [3.63, 3.8) is 0 Å². The summed E-state index contributed by atoms with van der Waals surface area (Å²) >= 11 is 0. The molecule has 5 heteroatoms. The number of carbonyl (C=O) groups is 1. The standard InChI is InChI=1S/C15H22N2O3/c1-2-14(15(19)20)17-8-6-16(7-9-17)11-12-4-3-5-13(18)10-12/h3-5,10,14,18H,2,6-9,11H2,1H3,(H,19,20)/t14-/m0/s1. The molecular formula is C15H22N2O3. The molecule has 1 aromatic rings. The number of aromatic hydroxyl groups is 1. The normalized spacial score (nSPS) is 18.9. The number of nitrogens with zero attached hydrogens (tertiary/aromatic N) is 2. The highest BCUT2D eigenvalue weighted by Gasteiger charge is 2.27. The smallest absolute Gasteiger partial charge is 0.320 e. The van der Waals surface area contributed by atoms with E-state index < -0.39 is 5.97 Å². The van der Waals surface area contributed by atoms with Gasteiger partial charge in [-0.25, -0.2) is 0 Å². The highest BCUT2D eigenvalue weighted by atomic mass is 16.4. The van der Waals surface area contributed by atoms with Gasteiger partial charge in [0.1, 0.15) is 11.8 Å². The average Bonchev–Trinajstić information content (AvgIpc) is 2.41. The Balaban J connectivity index is 1.86. The Morgan fingerprint density at radius 3 is 2.55 bits per heavy atom. The Kier molecular flexibility index (Phi) is 4.98. The number of phenolic OH excluding ortho intramolecular Hbond substituents is 1. The van der Waals surface area contributed by atoms with Gasteiger partial charge < -0.3 is 10.2 Å². The molecule has 1 fully saturated rings. The molecule has 1 aliphatic rings. The molecule has 0 saturated carbocycles. The van der Waals surface area contributed by atoms with Gasteiger partial charge in [-0.05, 0) is 24.1 Å². The lowest BCUT2D eigenvalue weighted by atomic mass is 10.1. The van der Waals surface area contributed by atoms with Crippen molar-refractivity contribution in [1.29, 1.82) is 0 Å². The maximum atomic E-state index is 11.2. The number of hydrogen-bond donors (Lipinski definition) is 2. The SMILES string of the molecule is CC[C@@H](C(=O)O)N1CCN(Cc2cccc(O)c2)CC1. The molecule has 0 aliphatic carbocycles. The van der Waals surface area contributed by atoms with Crippen molar-refractivity contribution in [2.45, 2.75) is 25.9 Å². The zero-order valence-electron chi connectivity index (χ0n) is 11.8. The lowest BCUT2D eigenvalue weighted by Crippen LogP contribution is -2.52. The van der Waals surface area contributed by atoms with Crippen LogP contribution in [0.15, 0.2) is 24.3 Å². The van der Waals surface area contributed by atoms with Gasteiger partial charge in [0.15, 0.2) is 0 Å². The van der Waals surface area contributed by atoms with Crippen molar-refractivity contribution in [2.24, 2.45) is 0 Å². The molecule has 0 amide bonds. The van der Waals surface area contributed by atoms with Gasteiger partial charge in [-0.15, -0.1) is 0 Å². The molecule has 0 radical (unpaired) electrons. The van der Waals surface area contributed by atoms with Gasteiger partial charge in [-0.1, -0.05) is 19.1 Å². The van der Waals surface area contributed by atoms with Crippen LogP contribution in [0, 0.1) is 0 Å². The fraction of sp³-hybridized carbons (Fsp3) is 0.533. The van der Waals surface area contributed by atoms with Crippen LogP contribution in [0.3, 0.4) is 0 Å². The van der Waals surface area contributed by atoms with Crippen molar-refractivity contribution in [2.75, 3.05) is 26.2 Å². The van der Waals surface area contributed by atoms with Crippen molar-refractivity contribution < 1.29 is 15.0 Å². The van der Waals surface area contributed by atoms with Crippen LogP contribution >= 0.6 is 0 Å². The molecule has 0 unspecified atom stereocenters. The van der Waals surface area contributed by atoms with Gasteiger partial charge in [0.2, 0.25) is 0 Å². The molecule has 2 N–H and O–H groups in total. The van der Waals surface area contributed by atoms with Gasteiger partial charge in [0, 0.05) is 32.7 Å². The second-order valence-corrected chi connectivity index (χ2v) is 5.24. The first kappa shape index (κ1) is 14.8. The minimum Gasteiger partial charge on any atom is -0.508 e. The summed E-state index contributed by atoms with van der Waals surface area (Å²) in [6, 6.07) is 6.92. The van der Waals surface area contributed by atoms with E-state index in [0.717, 1.165) is 38.3 Å². The number of benzene rings is 1. The van der Waals surface area contributed by atoms with Crippen molar-refractivity contribution in [3.05, 3.63) is 29.8 Å². The van der Waals surface area contributed by atoms with Crippen LogP contribution in [0.5, 0.6) is 5.75 Å². The number of rotatable bonds is 5.